The number of ether oxygens (including phenoxy) is 3. The van der Waals surface area contributed by atoms with Crippen molar-refractivity contribution < 1.29 is 28.9 Å². The molecule has 9 nitrogen and oxygen atoms in total. The molecule has 1 aliphatic carbocycles. The topological polar surface area (TPSA) is 101 Å². The highest BCUT2D eigenvalue weighted by Crippen LogP contribution is 2.60. The Morgan fingerprint density at radius 1 is 1.12 bits per heavy atom. The number of hydrogen-bond acceptors (Lipinski definition) is 8. The van der Waals surface area contributed by atoms with Gasteiger partial charge in [0.1, 0.15) is 23.2 Å². The minimum atomic E-state index is -1.63. The summed E-state index contributed by atoms with van der Waals surface area (Å²) in [5.41, 5.74) is 0.288. The summed E-state index contributed by atoms with van der Waals surface area (Å²) >= 11 is 0. The van der Waals surface area contributed by atoms with E-state index in [0.717, 1.165) is 30.9 Å². The van der Waals surface area contributed by atoms with Crippen LogP contribution in [-0.2, 0) is 16.0 Å². The van der Waals surface area contributed by atoms with Crippen LogP contribution in [0.1, 0.15) is 36.2 Å². The summed E-state index contributed by atoms with van der Waals surface area (Å²) in [5, 5.41) is 16.2. The van der Waals surface area contributed by atoms with Gasteiger partial charge in [-0.05, 0) is 42.5 Å². The second-order valence-corrected chi connectivity index (χ2v) is 12.2. The van der Waals surface area contributed by atoms with Crippen LogP contribution in [0.25, 0.3) is 0 Å². The van der Waals surface area contributed by atoms with Gasteiger partial charge in [0, 0.05) is 56.2 Å². The molecular weight excluding hydrogens is 534 g/mol. The summed E-state index contributed by atoms with van der Waals surface area (Å²) < 4.78 is 17.2. The van der Waals surface area contributed by atoms with Crippen LogP contribution in [0.4, 0.5) is 5.69 Å². The van der Waals surface area contributed by atoms with Crippen molar-refractivity contribution in [3.63, 3.8) is 0 Å². The van der Waals surface area contributed by atoms with E-state index >= 15 is 0 Å². The van der Waals surface area contributed by atoms with Crippen molar-refractivity contribution in [1.82, 2.24) is 10.2 Å². The van der Waals surface area contributed by atoms with E-state index in [1.807, 2.05) is 19.2 Å². The molecule has 1 saturated carbocycles. The fourth-order valence-corrected chi connectivity index (χ4v) is 8.69. The normalized spacial score (nSPS) is 32.8. The third-order valence-corrected chi connectivity index (χ3v) is 10.3. The van der Waals surface area contributed by atoms with Crippen molar-refractivity contribution in [2.45, 2.75) is 50.5 Å². The lowest BCUT2D eigenvalue weighted by Crippen LogP contribution is -2.78. The number of carbonyl (C=O) groups excluding carboxylic acids is 2. The number of fused-ring (bicyclic) bond motifs is 1. The number of para-hydroxylation sites is 1. The van der Waals surface area contributed by atoms with Crippen molar-refractivity contribution in [1.29, 1.82) is 0 Å². The van der Waals surface area contributed by atoms with Crippen molar-refractivity contribution in [2.75, 3.05) is 45.8 Å². The standard InChI is InChI=1S/C33H41N3O6/c1-6-32-14-9-15-36-18-22-16-21-12-13-23(40-4)17-25(21)35(3)29(27(22)28(32)36)33(39,31(32)42-20(2)37)19-34-30(38)24-10-7-8-11-26(24)41-5/h7-14,17,22,27-29,31,39H,6,15-16,18-19H2,1-5H3,(H,34,38)/t22?,27-,28?,29+,31+,32?,33-/m0/s1. The van der Waals surface area contributed by atoms with Crippen LogP contribution in [0.15, 0.2) is 54.6 Å². The monoisotopic (exact) mass is 575 g/mol. The first-order valence-corrected chi connectivity index (χ1v) is 14.8. The number of aliphatic hydroxyl groups is 1. The van der Waals surface area contributed by atoms with Gasteiger partial charge in [-0.3, -0.25) is 14.5 Å². The number of likely N-dealkylation sites (N-methyl/N-ethyl adjacent to an activating group) is 1. The summed E-state index contributed by atoms with van der Waals surface area (Å²) in [6, 6.07) is 12.7. The number of amides is 1. The molecule has 6 rings (SSSR count). The number of nitrogens with zero attached hydrogens (tertiary/aromatic N) is 2. The minimum absolute atomic E-state index is 0.0540. The van der Waals surface area contributed by atoms with E-state index < -0.39 is 29.1 Å². The molecule has 2 N–H and O–H groups in total. The Labute approximate surface area is 247 Å². The van der Waals surface area contributed by atoms with Crippen LogP contribution in [-0.4, -0.2) is 86.6 Å². The zero-order valence-electron chi connectivity index (χ0n) is 25.0. The number of nitrogens with one attached hydrogen (secondary N) is 1. The maximum absolute atomic E-state index is 13.6. The quantitative estimate of drug-likeness (QED) is 0.384. The number of rotatable bonds is 7. The third-order valence-electron chi connectivity index (χ3n) is 10.3. The van der Waals surface area contributed by atoms with Crippen LogP contribution in [0.5, 0.6) is 11.5 Å². The summed E-state index contributed by atoms with van der Waals surface area (Å²) in [7, 11) is 5.18. The molecule has 3 unspecified atom stereocenters. The van der Waals surface area contributed by atoms with Crippen LogP contribution >= 0.6 is 0 Å². The lowest BCUT2D eigenvalue weighted by atomic mass is 9.53. The molecule has 2 aromatic carbocycles. The molecule has 7 atom stereocenters. The largest absolute Gasteiger partial charge is 0.497 e. The van der Waals surface area contributed by atoms with Gasteiger partial charge in [-0.15, -0.1) is 0 Å². The van der Waals surface area contributed by atoms with Gasteiger partial charge in [0.25, 0.3) is 5.91 Å². The maximum atomic E-state index is 13.6. The Bertz CT molecular complexity index is 1410. The van der Waals surface area contributed by atoms with Crippen molar-refractivity contribution in [2.24, 2.45) is 17.3 Å². The van der Waals surface area contributed by atoms with Gasteiger partial charge in [-0.25, -0.2) is 0 Å². The van der Waals surface area contributed by atoms with Gasteiger partial charge in [-0.2, -0.15) is 0 Å². The maximum Gasteiger partial charge on any atom is 0.303 e. The van der Waals surface area contributed by atoms with Crippen molar-refractivity contribution in [3.8, 4) is 11.5 Å². The number of esters is 1. The molecule has 42 heavy (non-hydrogen) atoms. The molecule has 4 aliphatic rings. The molecule has 3 heterocycles. The second kappa shape index (κ2) is 10.6. The molecular formula is C33H41N3O6. The summed E-state index contributed by atoms with van der Waals surface area (Å²) in [4.78, 5) is 31.0. The van der Waals surface area contributed by atoms with E-state index in [9.17, 15) is 14.7 Å². The molecule has 3 aliphatic heterocycles. The van der Waals surface area contributed by atoms with Crippen LogP contribution in [0, 0.1) is 17.3 Å². The third kappa shape index (κ3) is 4.20. The fraction of sp³-hybridized carbons (Fsp3) is 0.515. The predicted octanol–water partition coefficient (Wildman–Crippen LogP) is 3.05. The number of carbonyl (C=O) groups is 2. The Balaban J connectivity index is 1.51. The zero-order valence-corrected chi connectivity index (χ0v) is 25.0. The number of hydrogen-bond donors (Lipinski definition) is 2. The van der Waals surface area contributed by atoms with Gasteiger partial charge in [0.15, 0.2) is 0 Å². The Hall–Kier alpha value is -3.56. The molecule has 1 saturated heterocycles. The van der Waals surface area contributed by atoms with E-state index in [1.54, 1.807) is 31.4 Å². The molecule has 2 fully saturated rings. The van der Waals surface area contributed by atoms with Gasteiger partial charge < -0.3 is 29.5 Å². The molecule has 0 radical (unpaired) electrons. The SMILES string of the molecule is CCC12C=CCN3CC4Cc5ccc(OC)cc5N(C)[C@H]([C@@H]4C31)[C@@](O)(CNC(=O)c1ccccc1OC)[C@@H]2OC(C)=O. The Kier molecular flexibility index (Phi) is 7.22. The van der Waals surface area contributed by atoms with Gasteiger partial charge >= 0.3 is 5.97 Å². The second-order valence-electron chi connectivity index (χ2n) is 12.2. The number of methoxy groups -OCH3 is 2. The lowest BCUT2D eigenvalue weighted by molar-refractivity contribution is -0.215. The van der Waals surface area contributed by atoms with Crippen LogP contribution in [0.2, 0.25) is 0 Å². The zero-order chi connectivity index (χ0) is 29.8. The minimum Gasteiger partial charge on any atom is -0.497 e. The fourth-order valence-electron chi connectivity index (χ4n) is 8.69. The predicted molar refractivity (Wildman–Crippen MR) is 159 cm³/mol. The average molecular weight is 576 g/mol. The molecule has 2 aromatic rings. The average Bonchev–Trinajstić information content (AvgIpc) is 3.30. The van der Waals surface area contributed by atoms with Gasteiger partial charge in [-0.1, -0.05) is 37.3 Å². The summed E-state index contributed by atoms with van der Waals surface area (Å²) in [6.45, 7) is 5.09. The van der Waals surface area contributed by atoms with E-state index in [1.165, 1.54) is 19.6 Å². The highest BCUT2D eigenvalue weighted by atomic mass is 16.6. The first kappa shape index (κ1) is 28.6. The molecule has 224 valence electrons. The van der Waals surface area contributed by atoms with Crippen molar-refractivity contribution >= 4 is 17.6 Å². The molecule has 0 aromatic heterocycles. The summed E-state index contributed by atoms with van der Waals surface area (Å²) in [6.07, 6.45) is 4.96. The molecule has 1 amide bonds. The van der Waals surface area contributed by atoms with Gasteiger partial charge in [0.2, 0.25) is 0 Å². The van der Waals surface area contributed by atoms with Crippen molar-refractivity contribution in [3.05, 3.63) is 65.7 Å². The number of anilines is 1. The number of benzene rings is 2. The highest BCUT2D eigenvalue weighted by Gasteiger charge is 2.71. The first-order valence-electron chi connectivity index (χ1n) is 14.8. The van der Waals surface area contributed by atoms with Crippen LogP contribution < -0.4 is 19.7 Å². The molecule has 0 bridgehead atoms. The smallest absolute Gasteiger partial charge is 0.303 e. The van der Waals surface area contributed by atoms with Crippen LogP contribution in [0.3, 0.4) is 0 Å². The van der Waals surface area contributed by atoms with E-state index in [0.29, 0.717) is 17.7 Å². The van der Waals surface area contributed by atoms with E-state index in [2.05, 4.69) is 40.3 Å². The van der Waals surface area contributed by atoms with E-state index in [4.69, 9.17) is 14.2 Å². The van der Waals surface area contributed by atoms with E-state index in [-0.39, 0.29) is 30.3 Å². The Morgan fingerprint density at radius 3 is 2.62 bits per heavy atom. The molecule has 9 heteroatoms. The Morgan fingerprint density at radius 2 is 1.90 bits per heavy atom. The summed E-state index contributed by atoms with van der Waals surface area (Å²) in [5.74, 6) is 0.673. The molecule has 0 spiro atoms. The first-order chi connectivity index (χ1) is 20.2. The lowest BCUT2D eigenvalue weighted by Gasteiger charge is -2.62. The highest BCUT2D eigenvalue weighted by molar-refractivity contribution is 5.97. The van der Waals surface area contributed by atoms with Gasteiger partial charge in [0.05, 0.1) is 32.4 Å².